The number of nitrogens with zero attached hydrogens (tertiary/aromatic N) is 4. The Kier molecular flexibility index (Phi) is 5.96. The Labute approximate surface area is 204 Å². The van der Waals surface area contributed by atoms with Gasteiger partial charge >= 0.3 is 5.69 Å². The van der Waals surface area contributed by atoms with Crippen LogP contribution in [-0.2, 0) is 13.1 Å². The van der Waals surface area contributed by atoms with E-state index in [2.05, 4.69) is 4.98 Å². The Morgan fingerprint density at radius 2 is 1.69 bits per heavy atom. The van der Waals surface area contributed by atoms with Gasteiger partial charge in [-0.05, 0) is 59.7 Å². The number of hydrogen-bond acceptors (Lipinski definition) is 4. The van der Waals surface area contributed by atoms with Gasteiger partial charge in [0.15, 0.2) is 11.2 Å². The van der Waals surface area contributed by atoms with Gasteiger partial charge in [0.25, 0.3) is 5.56 Å². The molecule has 9 heteroatoms. The number of halogens is 2. The molecule has 0 aliphatic rings. The molecule has 35 heavy (non-hydrogen) atoms. The molecule has 0 fully saturated rings. The van der Waals surface area contributed by atoms with Gasteiger partial charge in [-0.3, -0.25) is 9.36 Å². The predicted octanol–water partition coefficient (Wildman–Crippen LogP) is 4.25. The smallest absolute Gasteiger partial charge is 0.337 e. The van der Waals surface area contributed by atoms with Crippen molar-refractivity contribution in [2.24, 2.45) is 0 Å². The average Bonchev–Trinajstić information content (AvgIpc) is 3.26. The predicted molar refractivity (Wildman–Crippen MR) is 132 cm³/mol. The lowest BCUT2D eigenvalue weighted by atomic mass is 10.2. The fourth-order valence-electron chi connectivity index (χ4n) is 4.01. The van der Waals surface area contributed by atoms with E-state index >= 15 is 0 Å². The van der Waals surface area contributed by atoms with Crippen molar-refractivity contribution < 1.29 is 9.13 Å². The highest BCUT2D eigenvalue weighted by Gasteiger charge is 2.20. The normalized spacial score (nSPS) is 11.2. The summed E-state index contributed by atoms with van der Waals surface area (Å²) in [4.78, 5) is 31.6. The first-order valence-electron chi connectivity index (χ1n) is 10.8. The van der Waals surface area contributed by atoms with Crippen LogP contribution in [0.4, 0.5) is 4.39 Å². The molecule has 0 spiro atoms. The van der Waals surface area contributed by atoms with E-state index in [4.69, 9.17) is 16.3 Å². The van der Waals surface area contributed by atoms with Crippen LogP contribution in [0.1, 0.15) is 11.1 Å². The molecular formula is C26H20ClFN4O3. The van der Waals surface area contributed by atoms with Crippen LogP contribution in [0.3, 0.4) is 0 Å². The minimum atomic E-state index is -0.571. The van der Waals surface area contributed by atoms with Crippen LogP contribution in [0.5, 0.6) is 5.75 Å². The van der Waals surface area contributed by atoms with E-state index < -0.39 is 17.1 Å². The maximum atomic E-state index is 13.6. The number of aromatic nitrogens is 4. The van der Waals surface area contributed by atoms with Crippen molar-refractivity contribution in [3.63, 3.8) is 0 Å². The molecule has 3 aromatic carbocycles. The summed E-state index contributed by atoms with van der Waals surface area (Å²) in [6, 6.07) is 19.9. The molecule has 7 nitrogen and oxygen atoms in total. The Morgan fingerprint density at radius 1 is 0.943 bits per heavy atom. The highest BCUT2D eigenvalue weighted by atomic mass is 35.5. The van der Waals surface area contributed by atoms with Crippen molar-refractivity contribution in [1.29, 1.82) is 0 Å². The Balaban J connectivity index is 1.72. The third kappa shape index (κ3) is 4.36. The lowest BCUT2D eigenvalue weighted by Gasteiger charge is -2.13. The van der Waals surface area contributed by atoms with Gasteiger partial charge in [-0.15, -0.1) is 0 Å². The summed E-state index contributed by atoms with van der Waals surface area (Å²) in [7, 11) is 1.57. The summed E-state index contributed by atoms with van der Waals surface area (Å²) >= 11 is 6.13. The number of benzene rings is 3. The molecule has 5 aromatic rings. The fraction of sp³-hybridized carbons (Fsp3) is 0.115. The summed E-state index contributed by atoms with van der Waals surface area (Å²) in [5.41, 5.74) is 1.42. The molecule has 0 unspecified atom stereocenters. The van der Waals surface area contributed by atoms with Crippen LogP contribution < -0.4 is 16.0 Å². The van der Waals surface area contributed by atoms with Crippen LogP contribution in [-0.4, -0.2) is 25.8 Å². The van der Waals surface area contributed by atoms with Crippen molar-refractivity contribution in [3.05, 3.63) is 122 Å². The second kappa shape index (κ2) is 9.23. The van der Waals surface area contributed by atoms with Crippen LogP contribution in [0.2, 0.25) is 5.02 Å². The lowest BCUT2D eigenvalue weighted by Crippen LogP contribution is -2.40. The van der Waals surface area contributed by atoms with Gasteiger partial charge in [0.2, 0.25) is 0 Å². The average molecular weight is 491 g/mol. The highest BCUT2D eigenvalue weighted by Crippen LogP contribution is 2.18. The maximum absolute atomic E-state index is 13.6. The van der Waals surface area contributed by atoms with E-state index in [1.54, 1.807) is 48.1 Å². The van der Waals surface area contributed by atoms with E-state index in [1.807, 2.05) is 12.1 Å². The van der Waals surface area contributed by atoms with Gasteiger partial charge in [0.1, 0.15) is 11.6 Å². The van der Waals surface area contributed by atoms with Gasteiger partial charge in [0, 0.05) is 11.6 Å². The molecule has 176 valence electrons. The number of rotatable bonds is 6. The van der Waals surface area contributed by atoms with E-state index in [1.165, 1.54) is 35.2 Å². The summed E-state index contributed by atoms with van der Waals surface area (Å²) < 4.78 is 23.0. The number of hydrogen-bond donors (Lipinski definition) is 0. The zero-order valence-corrected chi connectivity index (χ0v) is 19.4. The fourth-order valence-corrected chi connectivity index (χ4v) is 4.22. The third-order valence-electron chi connectivity index (χ3n) is 5.73. The van der Waals surface area contributed by atoms with Crippen molar-refractivity contribution >= 4 is 22.8 Å². The number of imidazole rings is 1. The Bertz CT molecular complexity index is 1640. The number of ether oxygens (including phenoxy) is 1. The highest BCUT2D eigenvalue weighted by molar-refractivity contribution is 6.30. The van der Waals surface area contributed by atoms with Crippen molar-refractivity contribution in [2.45, 2.75) is 13.1 Å². The monoisotopic (exact) mass is 490 g/mol. The molecule has 0 bridgehead atoms. The first kappa shape index (κ1) is 22.6. The molecule has 2 heterocycles. The topological polar surface area (TPSA) is 71.1 Å². The standard InChI is InChI=1S/C26H20ClFN4O3/c1-35-22-11-5-17(6-12-22)15-31-25(33)23-24(32(26(31)34)21-9-7-20(28)8-10-21)29-16-30(23)14-18-3-2-4-19(27)13-18/h2-13,16H,14-15H2,1H3. The maximum Gasteiger partial charge on any atom is 0.337 e. The second-order valence-electron chi connectivity index (χ2n) is 8.01. The summed E-state index contributed by atoms with van der Waals surface area (Å²) in [5.74, 6) is 0.232. The van der Waals surface area contributed by atoms with Crippen LogP contribution in [0.15, 0.2) is 88.7 Å². The molecule has 0 aliphatic carbocycles. The zero-order valence-electron chi connectivity index (χ0n) is 18.7. The van der Waals surface area contributed by atoms with Crippen LogP contribution >= 0.6 is 11.6 Å². The second-order valence-corrected chi connectivity index (χ2v) is 8.44. The molecule has 0 N–H and O–H groups in total. The SMILES string of the molecule is COc1ccc(Cn2c(=O)c3c(ncn3Cc3cccc(Cl)c3)n(-c3ccc(F)cc3)c2=O)cc1. The molecular weight excluding hydrogens is 471 g/mol. The van der Waals surface area contributed by atoms with Crippen molar-refractivity contribution in [1.82, 2.24) is 18.7 Å². The largest absolute Gasteiger partial charge is 0.497 e. The number of methoxy groups -OCH3 is 1. The minimum absolute atomic E-state index is 0.0428. The van der Waals surface area contributed by atoms with E-state index in [-0.39, 0.29) is 17.7 Å². The van der Waals surface area contributed by atoms with Gasteiger partial charge in [-0.25, -0.2) is 18.7 Å². The van der Waals surface area contributed by atoms with Gasteiger partial charge in [-0.1, -0.05) is 35.9 Å². The lowest BCUT2D eigenvalue weighted by molar-refractivity contribution is 0.414. The van der Waals surface area contributed by atoms with Crippen molar-refractivity contribution in [3.8, 4) is 11.4 Å². The van der Waals surface area contributed by atoms with E-state index in [9.17, 15) is 14.0 Å². The molecule has 0 saturated carbocycles. The summed E-state index contributed by atoms with van der Waals surface area (Å²) in [5, 5.41) is 0.576. The molecule has 2 aromatic heterocycles. The van der Waals surface area contributed by atoms with Gasteiger partial charge < -0.3 is 9.30 Å². The quantitative estimate of drug-likeness (QED) is 0.357. The first-order valence-corrected chi connectivity index (χ1v) is 11.2. The molecule has 0 atom stereocenters. The number of fused-ring (bicyclic) bond motifs is 1. The molecule has 0 saturated heterocycles. The van der Waals surface area contributed by atoms with E-state index in [0.29, 0.717) is 23.0 Å². The van der Waals surface area contributed by atoms with Crippen LogP contribution in [0.25, 0.3) is 16.9 Å². The zero-order chi connectivity index (χ0) is 24.5. The molecule has 0 aliphatic heterocycles. The Hall–Kier alpha value is -4.17. The van der Waals surface area contributed by atoms with Crippen LogP contribution in [0, 0.1) is 5.82 Å². The summed E-state index contributed by atoms with van der Waals surface area (Å²) in [6.45, 7) is 0.373. The first-order chi connectivity index (χ1) is 16.9. The van der Waals surface area contributed by atoms with Gasteiger partial charge in [0.05, 0.1) is 25.7 Å². The summed E-state index contributed by atoms with van der Waals surface area (Å²) in [6.07, 6.45) is 1.52. The van der Waals surface area contributed by atoms with E-state index in [0.717, 1.165) is 15.7 Å². The van der Waals surface area contributed by atoms with Gasteiger partial charge in [-0.2, -0.15) is 0 Å². The van der Waals surface area contributed by atoms with Crippen molar-refractivity contribution in [2.75, 3.05) is 7.11 Å². The minimum Gasteiger partial charge on any atom is -0.497 e. The Morgan fingerprint density at radius 3 is 2.37 bits per heavy atom. The molecule has 0 amide bonds. The molecule has 5 rings (SSSR count). The molecule has 0 radical (unpaired) electrons. The third-order valence-corrected chi connectivity index (χ3v) is 5.96.